The van der Waals surface area contributed by atoms with Crippen LogP contribution in [0.2, 0.25) is 0 Å². The van der Waals surface area contributed by atoms with Crippen molar-refractivity contribution < 1.29 is 14.3 Å². The number of hydrogen-bond donors (Lipinski definition) is 2. The van der Waals surface area contributed by atoms with Gasteiger partial charge in [-0.25, -0.2) is 9.78 Å². The van der Waals surface area contributed by atoms with Gasteiger partial charge in [0.25, 0.3) is 5.91 Å². The molecule has 0 unspecified atom stereocenters. The van der Waals surface area contributed by atoms with E-state index in [1.165, 1.54) is 0 Å². The van der Waals surface area contributed by atoms with Crippen molar-refractivity contribution in [2.75, 3.05) is 19.4 Å². The lowest BCUT2D eigenvalue weighted by Gasteiger charge is -2.32. The summed E-state index contributed by atoms with van der Waals surface area (Å²) in [6, 6.07) is 5.27. The van der Waals surface area contributed by atoms with Crippen LogP contribution < -0.4 is 5.73 Å². The average Bonchev–Trinajstić information content (AvgIpc) is 3.24. The molecule has 0 bridgehead atoms. The number of fused-ring (bicyclic) bond motifs is 1. The Bertz CT molecular complexity index is 856. The molecule has 27 heavy (non-hydrogen) atoms. The van der Waals surface area contributed by atoms with Gasteiger partial charge in [0.2, 0.25) is 0 Å². The van der Waals surface area contributed by atoms with Crippen LogP contribution in [0.1, 0.15) is 42.9 Å². The molecule has 146 valence electrons. The zero-order chi connectivity index (χ0) is 19.6. The number of aromatic amines is 1. The lowest BCUT2D eigenvalue weighted by atomic mass is 9.98. The number of para-hydroxylation sites is 1. The molecule has 9 heteroatoms. The van der Waals surface area contributed by atoms with Crippen molar-refractivity contribution in [1.29, 1.82) is 0 Å². The first kappa shape index (κ1) is 19.9. The summed E-state index contributed by atoms with van der Waals surface area (Å²) < 4.78 is 5.53. The van der Waals surface area contributed by atoms with Crippen LogP contribution in [0.3, 0.4) is 0 Å². The van der Waals surface area contributed by atoms with Crippen LogP contribution in [-0.4, -0.2) is 51.5 Å². The van der Waals surface area contributed by atoms with Gasteiger partial charge in [0, 0.05) is 11.8 Å². The van der Waals surface area contributed by atoms with Gasteiger partial charge in [-0.3, -0.25) is 9.69 Å². The normalized spacial score (nSPS) is 20.8. The highest BCUT2D eigenvalue weighted by Crippen LogP contribution is 2.38. The molecule has 0 radical (unpaired) electrons. The van der Waals surface area contributed by atoms with Crippen LogP contribution >= 0.6 is 21.6 Å². The van der Waals surface area contributed by atoms with E-state index < -0.39 is 11.4 Å². The van der Waals surface area contributed by atoms with Crippen LogP contribution in [-0.2, 0) is 10.3 Å². The minimum atomic E-state index is -0.610. The Balaban J connectivity index is 1.86. The van der Waals surface area contributed by atoms with E-state index in [1.54, 1.807) is 38.6 Å². The molecule has 1 fully saturated rings. The van der Waals surface area contributed by atoms with Crippen molar-refractivity contribution in [1.82, 2.24) is 14.9 Å². The fraction of sp³-hybridized carbons (Fsp3) is 0.500. The number of carbonyl (C=O) groups is 2. The Morgan fingerprint density at radius 2 is 2.26 bits per heavy atom. The van der Waals surface area contributed by atoms with Gasteiger partial charge in [0.15, 0.2) is 0 Å². The quantitative estimate of drug-likeness (QED) is 0.709. The van der Waals surface area contributed by atoms with E-state index in [1.807, 2.05) is 26.2 Å². The third-order valence-electron chi connectivity index (χ3n) is 4.85. The standard InChI is InChI=1S/C18H24N4O3S2/c1-11(27-26-3)10-25-17(24)22-9-5-8-18(22,2)16-20-13-7-4-6-12(15(19)23)14(13)21-16/h4,6-7,11H,5,8-10H2,1-3H3,(H2,19,23)(H,20,21)/t11-,18+/m0/s1. The van der Waals surface area contributed by atoms with Crippen molar-refractivity contribution in [3.63, 3.8) is 0 Å². The number of nitrogens with one attached hydrogen (secondary N) is 1. The number of carbonyl (C=O) groups excluding carboxylic acids is 2. The van der Waals surface area contributed by atoms with E-state index in [0.717, 1.165) is 18.4 Å². The van der Waals surface area contributed by atoms with Crippen LogP contribution in [0.5, 0.6) is 0 Å². The highest BCUT2D eigenvalue weighted by molar-refractivity contribution is 8.76. The summed E-state index contributed by atoms with van der Waals surface area (Å²) in [5.41, 5.74) is 6.48. The molecule has 3 rings (SSSR count). The summed E-state index contributed by atoms with van der Waals surface area (Å²) in [5, 5.41) is 0.224. The van der Waals surface area contributed by atoms with Crippen LogP contribution in [0.25, 0.3) is 11.0 Å². The Morgan fingerprint density at radius 1 is 1.48 bits per heavy atom. The number of hydrogen-bond acceptors (Lipinski definition) is 6. The van der Waals surface area contributed by atoms with Crippen molar-refractivity contribution in [3.8, 4) is 0 Å². The summed E-state index contributed by atoms with van der Waals surface area (Å²) >= 11 is 0. The second-order valence-corrected chi connectivity index (χ2v) is 9.74. The maximum Gasteiger partial charge on any atom is 0.410 e. The Morgan fingerprint density at radius 3 is 2.96 bits per heavy atom. The summed E-state index contributed by atoms with van der Waals surface area (Å²) in [4.78, 5) is 34.0. The summed E-state index contributed by atoms with van der Waals surface area (Å²) in [5.74, 6) is 0.124. The second-order valence-electron chi connectivity index (χ2n) is 6.83. The number of likely N-dealkylation sites (tertiary alicyclic amines) is 1. The van der Waals surface area contributed by atoms with Crippen LogP contribution in [0.4, 0.5) is 4.79 Å². The van der Waals surface area contributed by atoms with E-state index in [9.17, 15) is 9.59 Å². The SMILES string of the molecule is CSS[C@@H](C)COC(=O)N1CCC[C@]1(C)c1nc2c(C(N)=O)cccc2[nH]1. The summed E-state index contributed by atoms with van der Waals surface area (Å²) in [7, 11) is 3.33. The molecule has 1 aromatic heterocycles. The Hall–Kier alpha value is -1.87. The molecule has 1 saturated heterocycles. The summed E-state index contributed by atoms with van der Waals surface area (Å²) in [6.07, 6.45) is 3.30. The Labute approximate surface area is 166 Å². The van der Waals surface area contributed by atoms with E-state index in [2.05, 4.69) is 9.97 Å². The molecule has 1 aliphatic heterocycles. The third-order valence-corrected chi connectivity index (χ3v) is 7.07. The number of aromatic nitrogens is 2. The molecule has 0 saturated carbocycles. The van der Waals surface area contributed by atoms with E-state index >= 15 is 0 Å². The van der Waals surface area contributed by atoms with Crippen molar-refractivity contribution in [2.45, 2.75) is 37.5 Å². The summed E-state index contributed by atoms with van der Waals surface area (Å²) in [6.45, 7) is 4.98. The number of H-pyrrole nitrogens is 1. The number of benzene rings is 1. The lowest BCUT2D eigenvalue weighted by Crippen LogP contribution is -2.44. The predicted molar refractivity (Wildman–Crippen MR) is 110 cm³/mol. The predicted octanol–water partition coefficient (Wildman–Crippen LogP) is 3.51. The number of imidazole rings is 1. The highest BCUT2D eigenvalue weighted by Gasteiger charge is 2.44. The van der Waals surface area contributed by atoms with Crippen molar-refractivity contribution >= 4 is 44.6 Å². The van der Waals surface area contributed by atoms with Crippen LogP contribution in [0.15, 0.2) is 18.2 Å². The fourth-order valence-corrected chi connectivity index (χ4v) is 5.05. The zero-order valence-electron chi connectivity index (χ0n) is 15.7. The smallest absolute Gasteiger partial charge is 0.410 e. The zero-order valence-corrected chi connectivity index (χ0v) is 17.3. The Kier molecular flexibility index (Phi) is 5.90. The number of nitrogens with zero attached hydrogens (tertiary/aromatic N) is 2. The topological polar surface area (TPSA) is 101 Å². The van der Waals surface area contributed by atoms with Crippen LogP contribution in [0, 0.1) is 0 Å². The second kappa shape index (κ2) is 8.02. The minimum Gasteiger partial charge on any atom is -0.448 e. The molecule has 7 nitrogen and oxygen atoms in total. The molecule has 1 aromatic carbocycles. The van der Waals surface area contributed by atoms with Gasteiger partial charge in [-0.1, -0.05) is 27.7 Å². The van der Waals surface area contributed by atoms with Crippen molar-refractivity contribution in [2.24, 2.45) is 5.73 Å². The van der Waals surface area contributed by atoms with Gasteiger partial charge in [-0.05, 0) is 45.1 Å². The fourth-order valence-electron chi connectivity index (χ4n) is 3.45. The molecule has 2 heterocycles. The average molecular weight is 409 g/mol. The molecule has 2 aromatic rings. The molecule has 0 aliphatic carbocycles. The lowest BCUT2D eigenvalue weighted by molar-refractivity contribution is 0.0729. The number of ether oxygens (including phenoxy) is 1. The van der Waals surface area contributed by atoms with E-state index in [0.29, 0.717) is 30.1 Å². The molecule has 1 aliphatic rings. The van der Waals surface area contributed by atoms with Gasteiger partial charge < -0.3 is 15.5 Å². The largest absolute Gasteiger partial charge is 0.448 e. The van der Waals surface area contributed by atoms with Crippen molar-refractivity contribution in [3.05, 3.63) is 29.6 Å². The number of rotatable bonds is 6. The van der Waals surface area contributed by atoms with E-state index in [4.69, 9.17) is 10.5 Å². The first-order valence-corrected chi connectivity index (χ1v) is 11.4. The molecule has 2 atom stereocenters. The maximum absolute atomic E-state index is 12.7. The minimum absolute atomic E-state index is 0.224. The number of primary amides is 1. The maximum atomic E-state index is 12.7. The van der Waals surface area contributed by atoms with Gasteiger partial charge >= 0.3 is 6.09 Å². The molecular formula is C18H24N4O3S2. The number of amides is 2. The van der Waals surface area contributed by atoms with Gasteiger partial charge in [0.1, 0.15) is 23.5 Å². The van der Waals surface area contributed by atoms with E-state index in [-0.39, 0.29) is 11.3 Å². The van der Waals surface area contributed by atoms with Gasteiger partial charge in [0.05, 0.1) is 11.1 Å². The van der Waals surface area contributed by atoms with Gasteiger partial charge in [-0.15, -0.1) is 0 Å². The monoisotopic (exact) mass is 408 g/mol. The number of nitrogens with two attached hydrogens (primary N) is 1. The first-order valence-electron chi connectivity index (χ1n) is 8.79. The molecule has 3 N–H and O–H groups in total. The first-order chi connectivity index (χ1) is 12.9. The molecule has 2 amide bonds. The molecule has 0 spiro atoms. The molecular weight excluding hydrogens is 384 g/mol. The van der Waals surface area contributed by atoms with Gasteiger partial charge in [-0.2, -0.15) is 0 Å². The third kappa shape index (κ3) is 3.89. The highest BCUT2D eigenvalue weighted by atomic mass is 33.1.